The third-order valence-electron chi connectivity index (χ3n) is 7.55. The number of carbonyl (C=O) groups excluding carboxylic acids is 5. The van der Waals surface area contributed by atoms with Gasteiger partial charge in [0, 0.05) is 58.0 Å². The number of aliphatic carboxylic acids is 1. The number of aliphatic hydroxyl groups excluding tert-OH is 2. The SMILES string of the molecule is C.CN(CC(=O)NCCCCc1ccc(COC=O)c(OC2CC(O)CC(C=O)O2)c1)[C@@H](CCC=O)COCCS(=O)O.CNC(=O)CCC(=O)O.CO. The van der Waals surface area contributed by atoms with E-state index in [1.807, 2.05) is 12.1 Å². The fourth-order valence-electron chi connectivity index (χ4n) is 4.78. The summed E-state index contributed by atoms with van der Waals surface area (Å²) in [5.41, 5.74) is 1.58. The Hall–Kier alpha value is -3.85. The van der Waals surface area contributed by atoms with E-state index in [4.69, 9.17) is 33.7 Å². The Morgan fingerprint density at radius 3 is 2.44 bits per heavy atom. The number of rotatable bonds is 25. The van der Waals surface area contributed by atoms with Crippen molar-refractivity contribution in [3.05, 3.63) is 29.3 Å². The summed E-state index contributed by atoms with van der Waals surface area (Å²) in [6, 6.07) is 5.32. The van der Waals surface area contributed by atoms with Gasteiger partial charge in [-0.2, -0.15) is 0 Å². The fraction of sp³-hybridized carbons (Fsp3) is 0.657. The number of nitrogens with one attached hydrogen (secondary N) is 2. The van der Waals surface area contributed by atoms with E-state index < -0.39 is 35.5 Å². The molecule has 0 aliphatic carbocycles. The third-order valence-corrected chi connectivity index (χ3v) is 8.07. The number of aliphatic hydroxyl groups is 2. The zero-order valence-electron chi connectivity index (χ0n) is 30.5. The molecule has 310 valence electrons. The molecule has 0 spiro atoms. The molecule has 6 N–H and O–H groups in total. The monoisotopic (exact) mass is 793 g/mol. The number of ether oxygens (including phenoxy) is 4. The molecule has 2 amide bonds. The molecule has 0 saturated carbocycles. The first-order valence-electron chi connectivity index (χ1n) is 17.0. The standard InChI is InChI=1S/C28H42N2O11S.C5H9NO3.CH4O.CH4/c1-30(23(6-4-10-31)19-38-11-12-42(36)37)16-27(35)29-9-3-2-5-21-7-8-22(18-39-20-33)26(13-21)41-28-15-24(34)14-25(17-32)40-28;1-6-4(7)2-3-5(8)9;1-2;/h7-8,10,13,17,20,23-25,28,34H,2-6,9,11-12,14-16,18-19H2,1H3,(H,29,35)(H,36,37);2-3H2,1H3,(H,6,7)(H,8,9);2H,1H3;1H4/t23-,24?,25?,28?;;;/m0.../s1. The largest absolute Gasteiger partial charge is 0.481 e. The van der Waals surface area contributed by atoms with E-state index in [9.17, 15) is 38.1 Å². The van der Waals surface area contributed by atoms with Crippen LogP contribution in [0.4, 0.5) is 0 Å². The molecule has 1 aromatic carbocycles. The highest BCUT2D eigenvalue weighted by Gasteiger charge is 2.30. The van der Waals surface area contributed by atoms with Gasteiger partial charge >= 0.3 is 5.97 Å². The van der Waals surface area contributed by atoms with Crippen molar-refractivity contribution < 1.29 is 71.8 Å². The van der Waals surface area contributed by atoms with Crippen molar-refractivity contribution in [2.75, 3.05) is 53.3 Å². The molecule has 1 fully saturated rings. The van der Waals surface area contributed by atoms with Gasteiger partial charge in [-0.25, -0.2) is 4.21 Å². The number of carbonyl (C=O) groups is 6. The molecule has 18 nitrogen and oxygen atoms in total. The van der Waals surface area contributed by atoms with Crippen LogP contribution in [-0.2, 0) is 67.1 Å². The van der Waals surface area contributed by atoms with Gasteiger partial charge in [0.2, 0.25) is 18.1 Å². The van der Waals surface area contributed by atoms with Gasteiger partial charge in [0.25, 0.3) is 6.47 Å². The molecule has 1 aliphatic rings. The predicted octanol–water partition coefficient (Wildman–Crippen LogP) is 0.602. The number of hydrogen-bond acceptors (Lipinski definition) is 14. The number of unbranched alkanes of at least 4 members (excludes halogenated alkanes) is 1. The lowest BCUT2D eigenvalue weighted by Gasteiger charge is -2.31. The van der Waals surface area contributed by atoms with Crippen LogP contribution in [-0.4, -0.2) is 144 Å². The van der Waals surface area contributed by atoms with Gasteiger partial charge in [-0.15, -0.1) is 0 Å². The molecule has 2 rings (SSSR count). The summed E-state index contributed by atoms with van der Waals surface area (Å²) >= 11 is -1.94. The Morgan fingerprint density at radius 2 is 1.83 bits per heavy atom. The van der Waals surface area contributed by atoms with Crippen LogP contribution in [0.1, 0.15) is 69.9 Å². The van der Waals surface area contributed by atoms with Crippen molar-refractivity contribution in [3.63, 3.8) is 0 Å². The summed E-state index contributed by atoms with van der Waals surface area (Å²) in [6.07, 6.45) is 2.52. The average molecular weight is 794 g/mol. The quantitative estimate of drug-likeness (QED) is 0.0450. The van der Waals surface area contributed by atoms with Crippen LogP contribution in [0.15, 0.2) is 18.2 Å². The number of aldehydes is 2. The number of carboxylic acids is 1. The molecule has 19 heteroatoms. The first-order chi connectivity index (χ1) is 25.4. The summed E-state index contributed by atoms with van der Waals surface area (Å²) < 4.78 is 41.5. The number of amides is 2. The van der Waals surface area contributed by atoms with Gasteiger partial charge in [-0.3, -0.25) is 24.1 Å². The third kappa shape index (κ3) is 25.2. The van der Waals surface area contributed by atoms with Crippen LogP contribution in [0.25, 0.3) is 0 Å². The highest BCUT2D eigenvalue weighted by molar-refractivity contribution is 7.79. The molecule has 1 aromatic rings. The molecule has 1 aliphatic heterocycles. The summed E-state index contributed by atoms with van der Waals surface area (Å²) in [4.78, 5) is 67.1. The molecule has 4 unspecified atom stereocenters. The van der Waals surface area contributed by atoms with Crippen LogP contribution < -0.4 is 15.4 Å². The predicted molar refractivity (Wildman–Crippen MR) is 198 cm³/mol. The highest BCUT2D eigenvalue weighted by atomic mass is 32.2. The Bertz CT molecular complexity index is 1260. The molecule has 1 heterocycles. The average Bonchev–Trinajstić information content (AvgIpc) is 3.13. The molecular formula is C35H59N3O15S. The maximum Gasteiger partial charge on any atom is 0.303 e. The molecule has 0 bridgehead atoms. The first-order valence-corrected chi connectivity index (χ1v) is 18.2. The number of hydrogen-bond donors (Lipinski definition) is 6. The van der Waals surface area contributed by atoms with E-state index in [0.29, 0.717) is 49.9 Å². The van der Waals surface area contributed by atoms with Crippen molar-refractivity contribution in [2.24, 2.45) is 0 Å². The second-order valence-electron chi connectivity index (χ2n) is 11.6. The zero-order valence-corrected chi connectivity index (χ0v) is 31.3. The number of aryl methyl sites for hydroxylation is 1. The Kier molecular flexibility index (Phi) is 31.5. The van der Waals surface area contributed by atoms with Gasteiger partial charge < -0.3 is 59.0 Å². The second-order valence-corrected chi connectivity index (χ2v) is 12.7. The summed E-state index contributed by atoms with van der Waals surface area (Å²) in [6.45, 7) is 1.29. The van der Waals surface area contributed by atoms with Crippen molar-refractivity contribution in [3.8, 4) is 5.75 Å². The van der Waals surface area contributed by atoms with E-state index in [2.05, 4.69) is 10.6 Å². The molecule has 54 heavy (non-hydrogen) atoms. The van der Waals surface area contributed by atoms with Crippen LogP contribution in [0.2, 0.25) is 0 Å². The van der Waals surface area contributed by atoms with Crippen LogP contribution in [0.3, 0.4) is 0 Å². The molecule has 5 atom stereocenters. The minimum Gasteiger partial charge on any atom is -0.481 e. The summed E-state index contributed by atoms with van der Waals surface area (Å²) in [5, 5.41) is 30.3. The minimum atomic E-state index is -1.94. The first kappa shape index (κ1) is 52.3. The summed E-state index contributed by atoms with van der Waals surface area (Å²) in [7, 11) is 4.24. The number of likely N-dealkylation sites (N-methyl/N-ethyl adjacent to an activating group) is 1. The van der Waals surface area contributed by atoms with Crippen molar-refractivity contribution in [1.29, 1.82) is 0 Å². The Balaban J connectivity index is 0. The Labute approximate surface area is 319 Å². The maximum atomic E-state index is 12.5. The smallest absolute Gasteiger partial charge is 0.303 e. The molecule has 1 saturated heterocycles. The zero-order chi connectivity index (χ0) is 40.0. The lowest BCUT2D eigenvalue weighted by atomic mass is 10.0. The van der Waals surface area contributed by atoms with Crippen molar-refractivity contribution in [2.45, 2.75) is 96.4 Å². The van der Waals surface area contributed by atoms with E-state index in [1.165, 1.54) is 7.05 Å². The lowest BCUT2D eigenvalue weighted by molar-refractivity contribution is -0.176. The van der Waals surface area contributed by atoms with Crippen LogP contribution in [0, 0.1) is 0 Å². The highest BCUT2D eigenvalue weighted by Crippen LogP contribution is 2.27. The van der Waals surface area contributed by atoms with Crippen molar-refractivity contribution in [1.82, 2.24) is 15.5 Å². The van der Waals surface area contributed by atoms with E-state index >= 15 is 0 Å². The van der Waals surface area contributed by atoms with Gasteiger partial charge in [0.1, 0.15) is 31.0 Å². The van der Waals surface area contributed by atoms with Gasteiger partial charge in [0.15, 0.2) is 11.1 Å². The molecule has 0 aromatic heterocycles. The Morgan fingerprint density at radius 1 is 1.11 bits per heavy atom. The second kappa shape index (κ2) is 32.6. The normalized spacial score (nSPS) is 17.1. The topological polar surface area (TPSA) is 265 Å². The van der Waals surface area contributed by atoms with Crippen molar-refractivity contribution >= 4 is 47.9 Å². The lowest BCUT2D eigenvalue weighted by Crippen LogP contribution is -2.43. The summed E-state index contributed by atoms with van der Waals surface area (Å²) in [5.74, 6) is -0.912. The molecular weight excluding hydrogens is 734 g/mol. The minimum absolute atomic E-state index is 0. The maximum absolute atomic E-state index is 12.5. The fourth-order valence-corrected chi connectivity index (χ4v) is 5.05. The van der Waals surface area contributed by atoms with Crippen LogP contribution >= 0.6 is 0 Å². The van der Waals surface area contributed by atoms with E-state index in [-0.39, 0.29) is 83.1 Å². The molecule has 0 radical (unpaired) electrons. The van der Waals surface area contributed by atoms with Gasteiger partial charge in [0.05, 0.1) is 38.0 Å². The van der Waals surface area contributed by atoms with E-state index in [1.54, 1.807) is 18.0 Å². The number of nitrogens with zero attached hydrogens (tertiary/aromatic N) is 1. The number of carboxylic acid groups (broad SMARTS) is 1. The van der Waals surface area contributed by atoms with E-state index in [0.717, 1.165) is 31.8 Å². The van der Waals surface area contributed by atoms with Gasteiger partial charge in [-0.05, 0) is 44.4 Å². The van der Waals surface area contributed by atoms with Crippen LogP contribution in [0.5, 0.6) is 5.75 Å². The van der Waals surface area contributed by atoms with Gasteiger partial charge in [-0.1, -0.05) is 19.6 Å². The number of benzene rings is 1.